The lowest BCUT2D eigenvalue weighted by molar-refractivity contribution is 0.568. The van der Waals surface area contributed by atoms with E-state index >= 15 is 0 Å². The fourth-order valence-corrected chi connectivity index (χ4v) is 1.54. The predicted molar refractivity (Wildman–Crippen MR) is 68.6 cm³/mol. The molecule has 0 aliphatic heterocycles. The molecule has 0 bridgehead atoms. The van der Waals surface area contributed by atoms with Gasteiger partial charge in [-0.05, 0) is 26.0 Å². The summed E-state index contributed by atoms with van der Waals surface area (Å²) in [5.74, 6) is 0.568. The van der Waals surface area contributed by atoms with Crippen molar-refractivity contribution in [2.75, 3.05) is 5.32 Å². The number of para-hydroxylation sites is 1. The summed E-state index contributed by atoms with van der Waals surface area (Å²) < 4.78 is 1.59. The highest BCUT2D eigenvalue weighted by atomic mass is 16.1. The van der Waals surface area contributed by atoms with Crippen LogP contribution in [0.4, 0.5) is 11.5 Å². The van der Waals surface area contributed by atoms with Crippen LogP contribution < -0.4 is 10.9 Å². The molecule has 0 aliphatic rings. The lowest BCUT2D eigenvalue weighted by atomic mass is 10.3. The van der Waals surface area contributed by atoms with Crippen LogP contribution in [0.15, 0.2) is 47.5 Å². The van der Waals surface area contributed by atoms with Gasteiger partial charge >= 0.3 is 0 Å². The van der Waals surface area contributed by atoms with Crippen molar-refractivity contribution in [2.45, 2.75) is 19.9 Å². The Kier molecular flexibility index (Phi) is 3.23. The van der Waals surface area contributed by atoms with Crippen LogP contribution in [-0.4, -0.2) is 9.55 Å². The van der Waals surface area contributed by atoms with Gasteiger partial charge in [0.25, 0.3) is 5.56 Å². The molecule has 1 heterocycles. The maximum absolute atomic E-state index is 11.8. The van der Waals surface area contributed by atoms with Crippen molar-refractivity contribution in [1.82, 2.24) is 9.55 Å². The van der Waals surface area contributed by atoms with Gasteiger partial charge in [-0.3, -0.25) is 9.36 Å². The molecule has 0 unspecified atom stereocenters. The molecule has 0 fully saturated rings. The monoisotopic (exact) mass is 229 g/mol. The molecule has 17 heavy (non-hydrogen) atoms. The normalized spacial score (nSPS) is 10.5. The van der Waals surface area contributed by atoms with E-state index in [0.717, 1.165) is 5.69 Å². The molecule has 0 saturated carbocycles. The fraction of sp³-hybridized carbons (Fsp3) is 0.231. The van der Waals surface area contributed by atoms with Crippen LogP contribution in [0.25, 0.3) is 0 Å². The SMILES string of the molecule is CC(C)n1cnc(Nc2ccccc2)cc1=O. The van der Waals surface area contributed by atoms with E-state index in [4.69, 9.17) is 0 Å². The number of rotatable bonds is 3. The lowest BCUT2D eigenvalue weighted by Gasteiger charge is -2.10. The molecule has 1 N–H and O–H groups in total. The molecule has 2 aromatic rings. The summed E-state index contributed by atoms with van der Waals surface area (Å²) in [6.45, 7) is 3.90. The second-order valence-electron chi connectivity index (χ2n) is 4.10. The first-order valence-electron chi connectivity index (χ1n) is 5.57. The number of nitrogens with zero attached hydrogens (tertiary/aromatic N) is 2. The predicted octanol–water partition coefficient (Wildman–Crippen LogP) is 2.57. The molecular formula is C13H15N3O. The van der Waals surface area contributed by atoms with Crippen molar-refractivity contribution in [2.24, 2.45) is 0 Å². The molecular weight excluding hydrogens is 214 g/mol. The van der Waals surface area contributed by atoms with Crippen molar-refractivity contribution in [3.8, 4) is 0 Å². The van der Waals surface area contributed by atoms with E-state index in [9.17, 15) is 4.79 Å². The summed E-state index contributed by atoms with van der Waals surface area (Å²) in [4.78, 5) is 16.0. The van der Waals surface area contributed by atoms with Gasteiger partial charge in [0.05, 0.1) is 0 Å². The Hall–Kier alpha value is -2.10. The number of benzene rings is 1. The van der Waals surface area contributed by atoms with Crippen molar-refractivity contribution >= 4 is 11.5 Å². The minimum atomic E-state index is -0.0477. The molecule has 88 valence electrons. The highest BCUT2D eigenvalue weighted by Gasteiger charge is 2.02. The number of nitrogens with one attached hydrogen (secondary N) is 1. The van der Waals surface area contributed by atoms with Crippen LogP contribution in [0.5, 0.6) is 0 Å². The van der Waals surface area contributed by atoms with Crippen molar-refractivity contribution in [1.29, 1.82) is 0 Å². The third-order valence-electron chi connectivity index (χ3n) is 2.44. The lowest BCUT2D eigenvalue weighted by Crippen LogP contribution is -2.21. The van der Waals surface area contributed by atoms with E-state index in [1.807, 2.05) is 44.2 Å². The summed E-state index contributed by atoms with van der Waals surface area (Å²) >= 11 is 0. The molecule has 4 nitrogen and oxygen atoms in total. The molecule has 0 aliphatic carbocycles. The molecule has 1 aromatic heterocycles. The van der Waals surface area contributed by atoms with Crippen LogP contribution in [0.2, 0.25) is 0 Å². The van der Waals surface area contributed by atoms with Gasteiger partial charge in [0.1, 0.15) is 12.1 Å². The first kappa shape index (κ1) is 11.4. The second-order valence-corrected chi connectivity index (χ2v) is 4.10. The molecule has 0 radical (unpaired) electrons. The number of hydrogen-bond donors (Lipinski definition) is 1. The summed E-state index contributed by atoms with van der Waals surface area (Å²) in [6.07, 6.45) is 1.57. The zero-order chi connectivity index (χ0) is 12.3. The Bertz CT molecular complexity index is 546. The van der Waals surface area contributed by atoms with Gasteiger partial charge < -0.3 is 5.32 Å². The second kappa shape index (κ2) is 4.82. The van der Waals surface area contributed by atoms with Gasteiger partial charge in [-0.25, -0.2) is 4.98 Å². The fourth-order valence-electron chi connectivity index (χ4n) is 1.54. The molecule has 4 heteroatoms. The average Bonchev–Trinajstić information content (AvgIpc) is 2.30. The third-order valence-corrected chi connectivity index (χ3v) is 2.44. The van der Waals surface area contributed by atoms with E-state index in [1.165, 1.54) is 6.07 Å². The zero-order valence-corrected chi connectivity index (χ0v) is 9.92. The van der Waals surface area contributed by atoms with E-state index < -0.39 is 0 Å². The summed E-state index contributed by atoms with van der Waals surface area (Å²) in [6, 6.07) is 11.3. The Labute approximate surface area is 99.9 Å². The Morgan fingerprint density at radius 3 is 2.53 bits per heavy atom. The maximum Gasteiger partial charge on any atom is 0.255 e. The molecule has 1 aromatic carbocycles. The highest BCUT2D eigenvalue weighted by Crippen LogP contribution is 2.11. The molecule has 0 amide bonds. The van der Waals surface area contributed by atoms with Gasteiger partial charge in [0, 0.05) is 17.8 Å². The largest absolute Gasteiger partial charge is 0.340 e. The quantitative estimate of drug-likeness (QED) is 0.879. The maximum atomic E-state index is 11.8. The number of hydrogen-bond acceptors (Lipinski definition) is 3. The van der Waals surface area contributed by atoms with Gasteiger partial charge in [-0.2, -0.15) is 0 Å². The van der Waals surface area contributed by atoms with Gasteiger partial charge in [0.15, 0.2) is 0 Å². The van der Waals surface area contributed by atoms with E-state index in [2.05, 4.69) is 10.3 Å². The first-order valence-corrected chi connectivity index (χ1v) is 5.57. The van der Waals surface area contributed by atoms with Crippen molar-refractivity contribution in [3.05, 3.63) is 53.1 Å². The van der Waals surface area contributed by atoms with E-state index in [-0.39, 0.29) is 11.6 Å². The van der Waals surface area contributed by atoms with Crippen LogP contribution in [-0.2, 0) is 0 Å². The third kappa shape index (κ3) is 2.72. The van der Waals surface area contributed by atoms with Crippen LogP contribution >= 0.6 is 0 Å². The summed E-state index contributed by atoms with van der Waals surface area (Å²) in [5, 5.41) is 3.09. The number of aromatic nitrogens is 2. The molecule has 0 atom stereocenters. The summed E-state index contributed by atoms with van der Waals surface area (Å²) in [5.41, 5.74) is 0.870. The Balaban J connectivity index is 2.24. The Morgan fingerprint density at radius 2 is 1.94 bits per heavy atom. The zero-order valence-electron chi connectivity index (χ0n) is 9.92. The first-order chi connectivity index (χ1) is 8.16. The van der Waals surface area contributed by atoms with Crippen LogP contribution in [0, 0.1) is 0 Å². The molecule has 0 spiro atoms. The van der Waals surface area contributed by atoms with Gasteiger partial charge in [-0.1, -0.05) is 18.2 Å². The highest BCUT2D eigenvalue weighted by molar-refractivity contribution is 5.54. The molecule has 0 saturated heterocycles. The Morgan fingerprint density at radius 1 is 1.24 bits per heavy atom. The topological polar surface area (TPSA) is 46.9 Å². The van der Waals surface area contributed by atoms with E-state index in [0.29, 0.717) is 5.82 Å². The smallest absolute Gasteiger partial charge is 0.255 e. The summed E-state index contributed by atoms with van der Waals surface area (Å²) in [7, 11) is 0. The van der Waals surface area contributed by atoms with Crippen LogP contribution in [0.3, 0.4) is 0 Å². The van der Waals surface area contributed by atoms with E-state index in [1.54, 1.807) is 10.9 Å². The van der Waals surface area contributed by atoms with Gasteiger partial charge in [0.2, 0.25) is 0 Å². The van der Waals surface area contributed by atoms with Crippen LogP contribution in [0.1, 0.15) is 19.9 Å². The standard InChI is InChI=1S/C13H15N3O/c1-10(2)16-9-14-12(8-13(16)17)15-11-6-4-3-5-7-11/h3-10,15H,1-2H3. The minimum Gasteiger partial charge on any atom is -0.340 e. The average molecular weight is 229 g/mol. The molecule has 2 rings (SSSR count). The van der Waals surface area contributed by atoms with Gasteiger partial charge in [-0.15, -0.1) is 0 Å². The van der Waals surface area contributed by atoms with Crippen molar-refractivity contribution in [3.63, 3.8) is 0 Å². The number of anilines is 2. The minimum absolute atomic E-state index is 0.0477. The van der Waals surface area contributed by atoms with Crippen molar-refractivity contribution < 1.29 is 0 Å².